The van der Waals surface area contributed by atoms with E-state index in [9.17, 15) is 9.59 Å². The third-order valence-corrected chi connectivity index (χ3v) is 4.58. The number of hydrogen-bond donors (Lipinski definition) is 1. The number of likely N-dealkylation sites (tertiary alicyclic amines) is 1. The molecule has 2 aromatic rings. The first-order valence-corrected chi connectivity index (χ1v) is 8.79. The van der Waals surface area contributed by atoms with E-state index in [0.29, 0.717) is 13.0 Å². The Bertz CT molecular complexity index is 710. The highest BCUT2D eigenvalue weighted by atomic mass is 16.2. The minimum atomic E-state index is -0.110. The third kappa shape index (κ3) is 4.47. The normalized spacial score (nSPS) is 16.4. The average molecular weight is 340 g/mol. The van der Waals surface area contributed by atoms with Crippen molar-refractivity contribution in [3.8, 4) is 5.69 Å². The first-order valence-electron chi connectivity index (χ1n) is 8.79. The van der Waals surface area contributed by atoms with Crippen molar-refractivity contribution in [3.05, 3.63) is 48.5 Å². The molecule has 0 bridgehead atoms. The lowest BCUT2D eigenvalue weighted by atomic mass is 10.1. The van der Waals surface area contributed by atoms with Gasteiger partial charge in [0.05, 0.1) is 18.9 Å². The molecule has 25 heavy (non-hydrogen) atoms. The van der Waals surface area contributed by atoms with Gasteiger partial charge >= 0.3 is 0 Å². The van der Waals surface area contributed by atoms with Gasteiger partial charge in [-0.1, -0.05) is 18.6 Å². The molecule has 1 atom stereocenters. The molecular weight excluding hydrogens is 316 g/mol. The molecule has 1 N–H and O–H groups in total. The number of carbonyl (C=O) groups is 2. The van der Waals surface area contributed by atoms with Crippen LogP contribution in [-0.4, -0.2) is 39.4 Å². The number of rotatable bonds is 5. The molecule has 3 rings (SSSR count). The molecule has 132 valence electrons. The zero-order chi connectivity index (χ0) is 17.6. The Balaban J connectivity index is 1.56. The fraction of sp³-hybridized carbons (Fsp3) is 0.421. The summed E-state index contributed by atoms with van der Waals surface area (Å²) in [5.41, 5.74) is 2.05. The van der Waals surface area contributed by atoms with Crippen molar-refractivity contribution in [2.24, 2.45) is 0 Å². The van der Waals surface area contributed by atoms with E-state index >= 15 is 0 Å². The van der Waals surface area contributed by atoms with Crippen LogP contribution < -0.4 is 5.32 Å². The van der Waals surface area contributed by atoms with Gasteiger partial charge in [0.25, 0.3) is 0 Å². The van der Waals surface area contributed by atoms with Gasteiger partial charge in [0, 0.05) is 31.0 Å². The standard InChI is InChI=1S/C19H24N4O2/c1-15(16-6-8-17(9-7-16)23-12-10-20-14-23)21-18(24)13-22-11-4-2-3-5-19(22)25/h6-10,12,14-15H,2-5,11,13H2,1H3,(H,21,24). The Morgan fingerprint density at radius 3 is 2.76 bits per heavy atom. The summed E-state index contributed by atoms with van der Waals surface area (Å²) in [6.45, 7) is 2.78. The molecular formula is C19H24N4O2. The highest BCUT2D eigenvalue weighted by molar-refractivity contribution is 5.85. The first-order chi connectivity index (χ1) is 12.1. The molecule has 2 amide bonds. The predicted molar refractivity (Wildman–Crippen MR) is 95.2 cm³/mol. The van der Waals surface area contributed by atoms with Crippen molar-refractivity contribution in [2.45, 2.75) is 38.6 Å². The fourth-order valence-corrected chi connectivity index (χ4v) is 3.10. The molecule has 1 fully saturated rings. The molecule has 1 aromatic heterocycles. The Morgan fingerprint density at radius 1 is 1.24 bits per heavy atom. The molecule has 0 aliphatic carbocycles. The summed E-state index contributed by atoms with van der Waals surface area (Å²) in [5, 5.41) is 2.99. The van der Waals surface area contributed by atoms with Gasteiger partial charge in [-0.3, -0.25) is 9.59 Å². The Hall–Kier alpha value is -2.63. The number of carbonyl (C=O) groups excluding carboxylic acids is 2. The molecule has 1 aliphatic rings. The van der Waals surface area contributed by atoms with Gasteiger partial charge in [-0.05, 0) is 37.5 Å². The average Bonchev–Trinajstić information content (AvgIpc) is 3.07. The van der Waals surface area contributed by atoms with Gasteiger partial charge in [-0.25, -0.2) is 4.98 Å². The molecule has 1 aromatic carbocycles. The van der Waals surface area contributed by atoms with E-state index in [2.05, 4.69) is 10.3 Å². The van der Waals surface area contributed by atoms with E-state index in [1.54, 1.807) is 17.4 Å². The Labute approximate surface area is 147 Å². The van der Waals surface area contributed by atoms with Gasteiger partial charge in [-0.2, -0.15) is 0 Å². The van der Waals surface area contributed by atoms with Crippen molar-refractivity contribution in [3.63, 3.8) is 0 Å². The summed E-state index contributed by atoms with van der Waals surface area (Å²) in [5.74, 6) is -0.0218. The number of imidazole rings is 1. The lowest BCUT2D eigenvalue weighted by molar-refractivity contribution is -0.135. The minimum Gasteiger partial charge on any atom is -0.348 e. The fourth-order valence-electron chi connectivity index (χ4n) is 3.10. The smallest absolute Gasteiger partial charge is 0.240 e. The molecule has 1 saturated heterocycles. The molecule has 0 spiro atoms. The quantitative estimate of drug-likeness (QED) is 0.909. The summed E-state index contributed by atoms with van der Waals surface area (Å²) in [4.78, 5) is 30.0. The van der Waals surface area contributed by atoms with Crippen molar-refractivity contribution in [1.82, 2.24) is 19.8 Å². The summed E-state index contributed by atoms with van der Waals surface area (Å²) in [6, 6.07) is 7.89. The summed E-state index contributed by atoms with van der Waals surface area (Å²) < 4.78 is 1.93. The molecule has 1 aliphatic heterocycles. The van der Waals surface area contributed by atoms with Crippen molar-refractivity contribution in [1.29, 1.82) is 0 Å². The molecule has 1 unspecified atom stereocenters. The van der Waals surface area contributed by atoms with Crippen molar-refractivity contribution >= 4 is 11.8 Å². The topological polar surface area (TPSA) is 67.2 Å². The monoisotopic (exact) mass is 340 g/mol. The molecule has 2 heterocycles. The van der Waals surface area contributed by atoms with E-state index in [0.717, 1.165) is 30.5 Å². The van der Waals surface area contributed by atoms with Crippen LogP contribution in [0.3, 0.4) is 0 Å². The second kappa shape index (κ2) is 7.96. The van der Waals surface area contributed by atoms with Crippen molar-refractivity contribution in [2.75, 3.05) is 13.1 Å². The summed E-state index contributed by atoms with van der Waals surface area (Å²) >= 11 is 0. The van der Waals surface area contributed by atoms with Crippen LogP contribution in [-0.2, 0) is 9.59 Å². The SMILES string of the molecule is CC(NC(=O)CN1CCCCCC1=O)c1ccc(-n2ccnc2)cc1. The van der Waals surface area contributed by atoms with Crippen LogP contribution in [0.4, 0.5) is 0 Å². The van der Waals surface area contributed by atoms with Gasteiger partial charge in [0.1, 0.15) is 0 Å². The Kier molecular flexibility index (Phi) is 5.48. The second-order valence-corrected chi connectivity index (χ2v) is 6.48. The second-order valence-electron chi connectivity index (χ2n) is 6.48. The van der Waals surface area contributed by atoms with Gasteiger partial charge in [0.15, 0.2) is 0 Å². The number of nitrogens with zero attached hydrogens (tertiary/aromatic N) is 3. The van der Waals surface area contributed by atoms with E-state index in [-0.39, 0.29) is 24.4 Å². The zero-order valence-corrected chi connectivity index (χ0v) is 14.5. The van der Waals surface area contributed by atoms with Crippen LogP contribution in [0.1, 0.15) is 44.2 Å². The number of amides is 2. The van der Waals surface area contributed by atoms with Gasteiger partial charge < -0.3 is 14.8 Å². The zero-order valence-electron chi connectivity index (χ0n) is 14.5. The number of aromatic nitrogens is 2. The maximum atomic E-state index is 12.3. The van der Waals surface area contributed by atoms with E-state index in [4.69, 9.17) is 0 Å². The van der Waals surface area contributed by atoms with E-state index in [1.165, 1.54) is 0 Å². The lowest BCUT2D eigenvalue weighted by Crippen LogP contribution is -2.41. The molecule has 0 saturated carbocycles. The predicted octanol–water partition coefficient (Wildman–Crippen LogP) is 2.45. The van der Waals surface area contributed by atoms with Crippen LogP contribution in [0.5, 0.6) is 0 Å². The van der Waals surface area contributed by atoms with Gasteiger partial charge in [-0.15, -0.1) is 0 Å². The maximum Gasteiger partial charge on any atom is 0.240 e. The van der Waals surface area contributed by atoms with Crippen LogP contribution in [0, 0.1) is 0 Å². The molecule has 0 radical (unpaired) electrons. The van der Waals surface area contributed by atoms with Crippen LogP contribution in [0.2, 0.25) is 0 Å². The summed E-state index contributed by atoms with van der Waals surface area (Å²) in [6.07, 6.45) is 8.89. The van der Waals surface area contributed by atoms with Crippen LogP contribution >= 0.6 is 0 Å². The highest BCUT2D eigenvalue weighted by Gasteiger charge is 2.20. The maximum absolute atomic E-state index is 12.3. The van der Waals surface area contributed by atoms with Crippen LogP contribution in [0.15, 0.2) is 43.0 Å². The number of nitrogens with one attached hydrogen (secondary N) is 1. The summed E-state index contributed by atoms with van der Waals surface area (Å²) in [7, 11) is 0. The van der Waals surface area contributed by atoms with E-state index < -0.39 is 0 Å². The first kappa shape index (κ1) is 17.2. The molecule has 6 heteroatoms. The highest BCUT2D eigenvalue weighted by Crippen LogP contribution is 2.16. The third-order valence-electron chi connectivity index (χ3n) is 4.58. The lowest BCUT2D eigenvalue weighted by Gasteiger charge is -2.22. The number of hydrogen-bond acceptors (Lipinski definition) is 3. The number of benzene rings is 1. The molecule has 6 nitrogen and oxygen atoms in total. The Morgan fingerprint density at radius 2 is 2.04 bits per heavy atom. The van der Waals surface area contributed by atoms with Crippen molar-refractivity contribution < 1.29 is 9.59 Å². The van der Waals surface area contributed by atoms with Gasteiger partial charge in [0.2, 0.25) is 11.8 Å². The van der Waals surface area contributed by atoms with Crippen LogP contribution in [0.25, 0.3) is 5.69 Å². The largest absolute Gasteiger partial charge is 0.348 e. The van der Waals surface area contributed by atoms with E-state index in [1.807, 2.05) is 42.0 Å². The minimum absolute atomic E-state index is 0.0880.